The summed E-state index contributed by atoms with van der Waals surface area (Å²) >= 11 is 0. The molecule has 1 fully saturated rings. The van der Waals surface area contributed by atoms with Crippen molar-refractivity contribution in [2.75, 3.05) is 25.7 Å². The number of nitrogens with zero attached hydrogens (tertiary/aromatic N) is 1. The van der Waals surface area contributed by atoms with Crippen LogP contribution in [0.5, 0.6) is 5.75 Å². The van der Waals surface area contributed by atoms with Gasteiger partial charge in [0.15, 0.2) is 27.5 Å². The Morgan fingerprint density at radius 3 is 2.63 bits per heavy atom. The largest absolute Gasteiger partial charge is 0.494 e. The van der Waals surface area contributed by atoms with Crippen molar-refractivity contribution in [2.24, 2.45) is 0 Å². The summed E-state index contributed by atoms with van der Waals surface area (Å²) in [5, 5.41) is 0. The Morgan fingerprint density at radius 2 is 2.07 bits per heavy atom. The number of carbonyl (C=O) groups is 2. The zero-order valence-corrected chi connectivity index (χ0v) is 16.2. The lowest BCUT2D eigenvalue weighted by molar-refractivity contribution is -0.155. The minimum atomic E-state index is -3.12. The Bertz CT molecular complexity index is 851. The second kappa shape index (κ2) is 8.51. The van der Waals surface area contributed by atoms with E-state index in [1.165, 1.54) is 44.2 Å². The third-order valence-electron chi connectivity index (χ3n) is 4.33. The van der Waals surface area contributed by atoms with E-state index in [0.29, 0.717) is 12.0 Å². The van der Waals surface area contributed by atoms with E-state index < -0.39 is 39.7 Å². The SMILES string of the molecule is COc1ccc(/C=C/C(=O)O[C@@H](C)C(=O)N(C)[C@H]2CCS(=O)(=O)C2)cc1F. The van der Waals surface area contributed by atoms with Gasteiger partial charge in [0.2, 0.25) is 0 Å². The van der Waals surface area contributed by atoms with Gasteiger partial charge < -0.3 is 14.4 Å². The molecule has 0 radical (unpaired) electrons. The first kappa shape index (κ1) is 20.9. The van der Waals surface area contributed by atoms with Crippen LogP contribution in [0.4, 0.5) is 4.39 Å². The number of likely N-dealkylation sites (N-methyl/N-ethyl adjacent to an activating group) is 1. The van der Waals surface area contributed by atoms with Crippen LogP contribution in [0, 0.1) is 5.82 Å². The van der Waals surface area contributed by atoms with Gasteiger partial charge in [0.1, 0.15) is 0 Å². The molecule has 27 heavy (non-hydrogen) atoms. The molecule has 0 N–H and O–H groups in total. The Morgan fingerprint density at radius 1 is 1.37 bits per heavy atom. The lowest BCUT2D eigenvalue weighted by Crippen LogP contribution is -2.44. The number of benzene rings is 1. The molecule has 148 valence electrons. The van der Waals surface area contributed by atoms with Crippen molar-refractivity contribution in [1.82, 2.24) is 4.90 Å². The molecule has 0 unspecified atom stereocenters. The van der Waals surface area contributed by atoms with Gasteiger partial charge >= 0.3 is 5.97 Å². The van der Waals surface area contributed by atoms with E-state index in [0.717, 1.165) is 6.08 Å². The quantitative estimate of drug-likeness (QED) is 0.531. The fourth-order valence-electron chi connectivity index (χ4n) is 2.76. The maximum atomic E-state index is 13.6. The highest BCUT2D eigenvalue weighted by Gasteiger charge is 2.34. The molecule has 1 aliphatic rings. The van der Waals surface area contributed by atoms with Gasteiger partial charge in [-0.25, -0.2) is 17.6 Å². The van der Waals surface area contributed by atoms with Crippen molar-refractivity contribution < 1.29 is 31.9 Å². The topological polar surface area (TPSA) is 90.0 Å². The fourth-order valence-corrected chi connectivity index (χ4v) is 4.54. The van der Waals surface area contributed by atoms with Crippen molar-refractivity contribution in [3.05, 3.63) is 35.7 Å². The van der Waals surface area contributed by atoms with Crippen LogP contribution in [-0.4, -0.2) is 63.0 Å². The first-order valence-electron chi connectivity index (χ1n) is 8.32. The minimum Gasteiger partial charge on any atom is -0.494 e. The highest BCUT2D eigenvalue weighted by molar-refractivity contribution is 7.91. The van der Waals surface area contributed by atoms with Crippen LogP contribution >= 0.6 is 0 Å². The third-order valence-corrected chi connectivity index (χ3v) is 6.08. The molecule has 0 spiro atoms. The van der Waals surface area contributed by atoms with E-state index in [1.807, 2.05) is 0 Å². The van der Waals surface area contributed by atoms with E-state index in [1.54, 1.807) is 6.07 Å². The summed E-state index contributed by atoms with van der Waals surface area (Å²) in [4.78, 5) is 25.5. The first-order valence-corrected chi connectivity index (χ1v) is 10.1. The van der Waals surface area contributed by atoms with Crippen LogP contribution in [0.2, 0.25) is 0 Å². The summed E-state index contributed by atoms with van der Waals surface area (Å²) < 4.78 is 46.5. The summed E-state index contributed by atoms with van der Waals surface area (Å²) in [5.41, 5.74) is 0.428. The van der Waals surface area contributed by atoms with E-state index >= 15 is 0 Å². The Hall–Kier alpha value is -2.42. The van der Waals surface area contributed by atoms with E-state index in [4.69, 9.17) is 9.47 Å². The highest BCUT2D eigenvalue weighted by atomic mass is 32.2. The zero-order chi connectivity index (χ0) is 20.2. The van der Waals surface area contributed by atoms with Crippen LogP contribution in [0.1, 0.15) is 18.9 Å². The van der Waals surface area contributed by atoms with Gasteiger partial charge in [-0.1, -0.05) is 6.07 Å². The average Bonchev–Trinajstić information content (AvgIpc) is 2.98. The fraction of sp³-hybridized carbons (Fsp3) is 0.444. The summed E-state index contributed by atoms with van der Waals surface area (Å²) in [5.74, 6) is -1.76. The summed E-state index contributed by atoms with van der Waals surface area (Å²) in [7, 11) is -0.280. The van der Waals surface area contributed by atoms with Crippen LogP contribution in [0.25, 0.3) is 6.08 Å². The summed E-state index contributed by atoms with van der Waals surface area (Å²) in [6.07, 6.45) is 1.75. The number of esters is 1. The monoisotopic (exact) mass is 399 g/mol. The lowest BCUT2D eigenvalue weighted by Gasteiger charge is -2.26. The normalized spacial score (nSPS) is 19.6. The predicted octanol–water partition coefficient (Wildman–Crippen LogP) is 1.42. The van der Waals surface area contributed by atoms with Gasteiger partial charge in [-0.05, 0) is 37.1 Å². The van der Waals surface area contributed by atoms with E-state index in [9.17, 15) is 22.4 Å². The molecule has 2 rings (SSSR count). The van der Waals surface area contributed by atoms with Crippen molar-refractivity contribution in [2.45, 2.75) is 25.5 Å². The smallest absolute Gasteiger partial charge is 0.331 e. The standard InChI is InChI=1S/C18H22FNO6S/c1-12(18(22)20(2)14-8-9-27(23,24)11-14)26-17(21)7-5-13-4-6-16(25-3)15(19)10-13/h4-7,10,12,14H,8-9,11H2,1-3H3/b7-5+/t12-,14-/m0/s1. The molecule has 1 aromatic rings. The van der Waals surface area contributed by atoms with Crippen LogP contribution < -0.4 is 4.74 Å². The number of hydrogen-bond acceptors (Lipinski definition) is 6. The molecule has 1 heterocycles. The second-order valence-corrected chi connectivity index (χ2v) is 8.54. The second-order valence-electron chi connectivity index (χ2n) is 6.31. The number of halogens is 1. The Labute approximate surface area is 157 Å². The number of sulfone groups is 1. The molecule has 2 atom stereocenters. The number of ether oxygens (including phenoxy) is 2. The van der Waals surface area contributed by atoms with Gasteiger partial charge in [-0.15, -0.1) is 0 Å². The first-order chi connectivity index (χ1) is 12.6. The molecule has 0 aliphatic carbocycles. The summed E-state index contributed by atoms with van der Waals surface area (Å²) in [6.45, 7) is 1.42. The predicted molar refractivity (Wildman–Crippen MR) is 97.4 cm³/mol. The minimum absolute atomic E-state index is 0.0462. The van der Waals surface area contributed by atoms with Crippen LogP contribution in [0.3, 0.4) is 0 Å². The van der Waals surface area contributed by atoms with E-state index in [-0.39, 0.29) is 17.3 Å². The average molecular weight is 399 g/mol. The number of hydrogen-bond donors (Lipinski definition) is 0. The van der Waals surface area contributed by atoms with Gasteiger partial charge in [-0.2, -0.15) is 0 Å². The van der Waals surface area contributed by atoms with Crippen LogP contribution in [0.15, 0.2) is 24.3 Å². The van der Waals surface area contributed by atoms with Crippen molar-refractivity contribution in [3.8, 4) is 5.75 Å². The number of methoxy groups -OCH3 is 1. The van der Waals surface area contributed by atoms with Crippen molar-refractivity contribution >= 4 is 27.8 Å². The molecular formula is C18H22FNO6S. The van der Waals surface area contributed by atoms with E-state index in [2.05, 4.69) is 0 Å². The van der Waals surface area contributed by atoms with Gasteiger partial charge in [0.25, 0.3) is 5.91 Å². The van der Waals surface area contributed by atoms with Gasteiger partial charge in [0, 0.05) is 19.2 Å². The van der Waals surface area contributed by atoms with Gasteiger partial charge in [-0.3, -0.25) is 4.79 Å². The van der Waals surface area contributed by atoms with Crippen molar-refractivity contribution in [1.29, 1.82) is 0 Å². The van der Waals surface area contributed by atoms with Crippen molar-refractivity contribution in [3.63, 3.8) is 0 Å². The number of rotatable bonds is 6. The molecule has 0 aromatic heterocycles. The molecule has 0 saturated carbocycles. The molecule has 1 aliphatic heterocycles. The number of carbonyl (C=O) groups excluding carboxylic acids is 2. The maximum absolute atomic E-state index is 13.6. The lowest BCUT2D eigenvalue weighted by atomic mass is 10.2. The molecule has 1 saturated heterocycles. The molecule has 0 bridgehead atoms. The maximum Gasteiger partial charge on any atom is 0.331 e. The van der Waals surface area contributed by atoms with Gasteiger partial charge in [0.05, 0.1) is 18.6 Å². The number of amides is 1. The highest BCUT2D eigenvalue weighted by Crippen LogP contribution is 2.19. The molecule has 9 heteroatoms. The Balaban J connectivity index is 1.92. The third kappa shape index (κ3) is 5.53. The molecular weight excluding hydrogens is 377 g/mol. The Kier molecular flexibility index (Phi) is 6.59. The zero-order valence-electron chi connectivity index (χ0n) is 15.3. The molecule has 1 aromatic carbocycles. The van der Waals surface area contributed by atoms with Crippen LogP contribution in [-0.2, 0) is 24.2 Å². The summed E-state index contributed by atoms with van der Waals surface area (Å²) in [6, 6.07) is 3.78. The molecule has 1 amide bonds. The molecule has 7 nitrogen and oxygen atoms in total.